The molecule has 0 amide bonds. The number of aromatic nitrogens is 2. The van der Waals surface area contributed by atoms with E-state index in [0.29, 0.717) is 0 Å². The quantitative estimate of drug-likeness (QED) is 0.593. The van der Waals surface area contributed by atoms with Crippen molar-refractivity contribution < 1.29 is 9.90 Å². The van der Waals surface area contributed by atoms with E-state index in [1.165, 1.54) is 24.0 Å². The van der Waals surface area contributed by atoms with Crippen molar-refractivity contribution in [2.24, 2.45) is 0 Å². The first-order valence-corrected chi connectivity index (χ1v) is 11.7. The number of nitrogens with zero attached hydrogens (tertiary/aromatic N) is 3. The van der Waals surface area contributed by atoms with Crippen LogP contribution in [-0.2, 0) is 13.0 Å². The summed E-state index contributed by atoms with van der Waals surface area (Å²) in [5.74, 6) is 0.116. The number of hydrogen-bond donors (Lipinski definition) is 2. The third-order valence-electron chi connectivity index (χ3n) is 6.66. The molecule has 0 aliphatic carbocycles. The third kappa shape index (κ3) is 4.15. The van der Waals surface area contributed by atoms with Crippen molar-refractivity contribution in [1.29, 1.82) is 0 Å². The van der Waals surface area contributed by atoms with Crippen molar-refractivity contribution >= 4 is 11.8 Å². The van der Waals surface area contributed by atoms with E-state index in [9.17, 15) is 9.90 Å². The molecule has 2 aliphatic rings. The Bertz CT molecular complexity index is 1090. The molecule has 1 aromatic heterocycles. The van der Waals surface area contributed by atoms with Crippen molar-refractivity contribution in [3.05, 3.63) is 77.0 Å². The average molecular weight is 431 g/mol. The van der Waals surface area contributed by atoms with Gasteiger partial charge in [-0.05, 0) is 62.4 Å². The SMILES string of the molecule is O=C(O)c1cccc(-n2nc(C3CCCCN3Cc3ccccc3)c3c2NCCCC3)c1. The smallest absolute Gasteiger partial charge is 0.335 e. The second-order valence-electron chi connectivity index (χ2n) is 8.83. The third-order valence-corrected chi connectivity index (χ3v) is 6.66. The molecule has 1 saturated heterocycles. The van der Waals surface area contributed by atoms with Gasteiger partial charge >= 0.3 is 5.97 Å². The van der Waals surface area contributed by atoms with E-state index in [-0.39, 0.29) is 11.6 Å². The van der Waals surface area contributed by atoms with Gasteiger partial charge in [0.1, 0.15) is 5.82 Å². The van der Waals surface area contributed by atoms with E-state index in [2.05, 4.69) is 40.5 Å². The standard InChI is InChI=1S/C26H30N4O2/c31-26(32)20-11-8-12-21(17-20)30-25-22(13-4-6-15-27-25)24(28-30)23-14-5-7-16-29(23)18-19-9-2-1-3-10-19/h1-3,8-12,17,23,27H,4-7,13-16,18H2,(H,31,32). The van der Waals surface area contributed by atoms with Crippen LogP contribution in [0.4, 0.5) is 5.82 Å². The van der Waals surface area contributed by atoms with Gasteiger partial charge in [-0.15, -0.1) is 0 Å². The average Bonchev–Trinajstić information content (AvgIpc) is 3.00. The van der Waals surface area contributed by atoms with Crippen LogP contribution in [0.5, 0.6) is 0 Å². The Morgan fingerprint density at radius 1 is 1.06 bits per heavy atom. The lowest BCUT2D eigenvalue weighted by molar-refractivity contribution is 0.0697. The fraction of sp³-hybridized carbons (Fsp3) is 0.385. The fourth-order valence-electron chi connectivity index (χ4n) is 5.06. The van der Waals surface area contributed by atoms with Crippen LogP contribution >= 0.6 is 0 Å². The molecular weight excluding hydrogens is 400 g/mol. The first kappa shape index (κ1) is 20.8. The number of rotatable bonds is 5. The molecule has 2 aromatic carbocycles. The van der Waals surface area contributed by atoms with Gasteiger partial charge in [-0.1, -0.05) is 42.8 Å². The molecule has 2 aliphatic heterocycles. The molecule has 166 valence electrons. The maximum absolute atomic E-state index is 11.5. The summed E-state index contributed by atoms with van der Waals surface area (Å²) in [5.41, 5.74) is 4.87. The van der Waals surface area contributed by atoms with E-state index in [0.717, 1.165) is 62.5 Å². The molecule has 6 nitrogen and oxygen atoms in total. The number of benzene rings is 2. The Hall–Kier alpha value is -3.12. The summed E-state index contributed by atoms with van der Waals surface area (Å²) >= 11 is 0. The van der Waals surface area contributed by atoms with Gasteiger partial charge in [0.25, 0.3) is 0 Å². The number of likely N-dealkylation sites (tertiary alicyclic amines) is 1. The molecule has 32 heavy (non-hydrogen) atoms. The number of anilines is 1. The van der Waals surface area contributed by atoms with Crippen LogP contribution in [0.15, 0.2) is 54.6 Å². The number of aromatic carboxylic acids is 1. The molecule has 6 heteroatoms. The van der Waals surface area contributed by atoms with Crippen molar-refractivity contribution in [3.8, 4) is 5.69 Å². The van der Waals surface area contributed by atoms with E-state index in [1.807, 2.05) is 10.7 Å². The molecule has 0 radical (unpaired) electrons. The molecule has 0 spiro atoms. The number of nitrogens with one attached hydrogen (secondary N) is 1. The van der Waals surface area contributed by atoms with Crippen molar-refractivity contribution in [2.45, 2.75) is 51.1 Å². The lowest BCUT2D eigenvalue weighted by Gasteiger charge is -2.35. The number of carboxylic acids is 1. The van der Waals surface area contributed by atoms with Gasteiger partial charge in [0.05, 0.1) is 23.0 Å². The lowest BCUT2D eigenvalue weighted by atomic mass is 9.94. The van der Waals surface area contributed by atoms with Gasteiger partial charge in [0.2, 0.25) is 0 Å². The Balaban J connectivity index is 1.56. The Labute approximate surface area is 188 Å². The van der Waals surface area contributed by atoms with Gasteiger partial charge in [-0.25, -0.2) is 9.48 Å². The van der Waals surface area contributed by atoms with Gasteiger partial charge in [0, 0.05) is 18.7 Å². The Morgan fingerprint density at radius 3 is 2.78 bits per heavy atom. The van der Waals surface area contributed by atoms with E-state index in [1.54, 1.807) is 18.2 Å². The number of carboxylic acid groups (broad SMARTS) is 1. The summed E-state index contributed by atoms with van der Waals surface area (Å²) in [6.45, 7) is 2.91. The Morgan fingerprint density at radius 2 is 1.94 bits per heavy atom. The summed E-state index contributed by atoms with van der Waals surface area (Å²) in [5, 5.41) is 18.2. The first-order valence-electron chi connectivity index (χ1n) is 11.7. The molecule has 5 rings (SSSR count). The molecule has 2 N–H and O–H groups in total. The van der Waals surface area contributed by atoms with Crippen LogP contribution < -0.4 is 5.32 Å². The number of carbonyl (C=O) groups is 1. The topological polar surface area (TPSA) is 70.4 Å². The molecule has 1 atom stereocenters. The zero-order chi connectivity index (χ0) is 21.9. The van der Waals surface area contributed by atoms with Crippen LogP contribution in [0.3, 0.4) is 0 Å². The highest BCUT2D eigenvalue weighted by Gasteiger charge is 2.31. The normalized spacial score (nSPS) is 19.1. The maximum atomic E-state index is 11.5. The van der Waals surface area contributed by atoms with Crippen LogP contribution in [-0.4, -0.2) is 38.8 Å². The summed E-state index contributed by atoms with van der Waals surface area (Å²) in [6, 6.07) is 18.0. The Kier molecular flexibility index (Phi) is 5.95. The van der Waals surface area contributed by atoms with Crippen molar-refractivity contribution in [1.82, 2.24) is 14.7 Å². The minimum atomic E-state index is -0.917. The minimum absolute atomic E-state index is 0.279. The van der Waals surface area contributed by atoms with Crippen LogP contribution in [0, 0.1) is 0 Å². The van der Waals surface area contributed by atoms with Gasteiger partial charge in [-0.3, -0.25) is 4.90 Å². The zero-order valence-corrected chi connectivity index (χ0v) is 18.3. The predicted octanol–water partition coefficient (Wildman–Crippen LogP) is 5.05. The summed E-state index contributed by atoms with van der Waals surface area (Å²) in [4.78, 5) is 14.1. The van der Waals surface area contributed by atoms with E-state index in [4.69, 9.17) is 5.10 Å². The monoisotopic (exact) mass is 430 g/mol. The highest BCUT2D eigenvalue weighted by molar-refractivity contribution is 5.88. The van der Waals surface area contributed by atoms with Gasteiger partial charge < -0.3 is 10.4 Å². The molecule has 0 saturated carbocycles. The van der Waals surface area contributed by atoms with Gasteiger partial charge in [0.15, 0.2) is 0 Å². The van der Waals surface area contributed by atoms with Crippen LogP contribution in [0.25, 0.3) is 5.69 Å². The maximum Gasteiger partial charge on any atom is 0.335 e. The predicted molar refractivity (Wildman–Crippen MR) is 125 cm³/mol. The fourth-order valence-corrected chi connectivity index (χ4v) is 5.06. The van der Waals surface area contributed by atoms with E-state index < -0.39 is 5.97 Å². The number of piperidine rings is 1. The zero-order valence-electron chi connectivity index (χ0n) is 18.3. The molecule has 3 aromatic rings. The summed E-state index contributed by atoms with van der Waals surface area (Å²) in [6.07, 6.45) is 6.79. The van der Waals surface area contributed by atoms with Crippen LogP contribution in [0.1, 0.15) is 65.3 Å². The van der Waals surface area contributed by atoms with Crippen molar-refractivity contribution in [3.63, 3.8) is 0 Å². The summed E-state index contributed by atoms with van der Waals surface area (Å²) < 4.78 is 1.94. The number of fused-ring (bicyclic) bond motifs is 1. The molecule has 1 fully saturated rings. The molecule has 0 bridgehead atoms. The number of hydrogen-bond acceptors (Lipinski definition) is 4. The second kappa shape index (κ2) is 9.17. The van der Waals surface area contributed by atoms with Crippen molar-refractivity contribution in [2.75, 3.05) is 18.4 Å². The second-order valence-corrected chi connectivity index (χ2v) is 8.83. The van der Waals surface area contributed by atoms with Gasteiger partial charge in [-0.2, -0.15) is 5.10 Å². The molecule has 3 heterocycles. The van der Waals surface area contributed by atoms with Crippen LogP contribution in [0.2, 0.25) is 0 Å². The molecular formula is C26H30N4O2. The van der Waals surface area contributed by atoms with E-state index >= 15 is 0 Å². The molecule has 1 unspecified atom stereocenters. The lowest BCUT2D eigenvalue weighted by Crippen LogP contribution is -2.33. The summed E-state index contributed by atoms with van der Waals surface area (Å²) in [7, 11) is 0. The first-order chi connectivity index (χ1) is 15.7. The highest BCUT2D eigenvalue weighted by atomic mass is 16.4. The minimum Gasteiger partial charge on any atom is -0.478 e. The highest BCUT2D eigenvalue weighted by Crippen LogP contribution is 2.38. The largest absolute Gasteiger partial charge is 0.478 e.